The van der Waals surface area contributed by atoms with E-state index >= 15 is 0 Å². The molecule has 4 heterocycles. The van der Waals surface area contributed by atoms with E-state index in [2.05, 4.69) is 119 Å². The smallest absolute Gasteiger partial charge is 0.178 e. The molecular weight excluding hydrogens is 1570 g/mol. The molecule has 0 saturated carbocycles. The van der Waals surface area contributed by atoms with Crippen molar-refractivity contribution < 1.29 is 345 Å². The van der Waals surface area contributed by atoms with E-state index < -0.39 is 0 Å². The van der Waals surface area contributed by atoms with Crippen molar-refractivity contribution in [1.82, 2.24) is 0 Å². The molecule has 0 amide bonds. The molecule has 0 fully saturated rings. The van der Waals surface area contributed by atoms with Crippen LogP contribution in [-0.2, 0) is 346 Å². The molecule has 0 unspecified atom stereocenters. The molecule has 4 aromatic heterocycles. The fraction of sp³-hybridized carbons (Fsp3) is 0.216. The monoisotopic (exact) mass is 1620 g/mol. The van der Waals surface area contributed by atoms with Gasteiger partial charge in [-0.25, -0.2) is 0 Å². The maximum Gasteiger partial charge on any atom is 0.178 e. The fourth-order valence-electron chi connectivity index (χ4n) is 7.05. The summed E-state index contributed by atoms with van der Waals surface area (Å²) in [5.74, 6) is 0. The van der Waals surface area contributed by atoms with Gasteiger partial charge in [0.1, 0.15) is 22.3 Å². The maximum absolute atomic E-state index is 6.16. The van der Waals surface area contributed by atoms with Crippen LogP contribution in [0.5, 0.6) is 0 Å². The van der Waals surface area contributed by atoms with Gasteiger partial charge in [0.25, 0.3) is 0 Å². The Kier molecular flexibility index (Phi) is 55.9. The molecule has 10 rings (SSSR count). The first-order chi connectivity index (χ1) is 25.0. The first kappa shape index (κ1) is 87.2. The summed E-state index contributed by atoms with van der Waals surface area (Å²) in [5, 5.41) is 9.14. The molecule has 10 radical (unpaired) electrons. The van der Waals surface area contributed by atoms with Crippen molar-refractivity contribution in [3.8, 4) is 0 Å². The van der Waals surface area contributed by atoms with Crippen LogP contribution in [0.3, 0.4) is 0 Å². The minimum absolute atomic E-state index is 0. The van der Waals surface area contributed by atoms with Crippen LogP contribution < -0.4 is 0 Å². The van der Waals surface area contributed by atoms with Gasteiger partial charge in [-0.3, -0.25) is 0 Å². The minimum atomic E-state index is 0. The number of fused-ring (bicyclic) bond motifs is 14. The first-order valence-corrected chi connectivity index (χ1v) is 18.6. The molecule has 0 bridgehead atoms. The molecule has 65 heavy (non-hydrogen) atoms. The predicted octanol–water partition coefficient (Wildman–Crippen LogP) is 16.8. The standard InChI is InChI=1S/C22H18O2.C21H16O2.2C2H6.4CH3.10Y/c1-3-13-5-9-19-17(11-13)15-7-8-16-18-12-14(4-2)6-10-20(18)24-22(16)21(15)23-19;1-3-13-5-9-19-17(11-13)15-7-6-14-16-10-12(2)4-8-18(16)22-20(14)21(15)23-19;2*1-2;;;;;;;;;;;;;;/h5-12H,3-4H2,1-2H3;4-11H,3H2,1-2H3;2*1-2H3;4*1H3;;;;;;;;;;/q;;;;4*-1;;;;;;;;;;. The molecule has 0 aliphatic rings. The van der Waals surface area contributed by atoms with Crippen LogP contribution >= 0.6 is 0 Å². The quantitative estimate of drug-likeness (QED) is 0.165. The summed E-state index contributed by atoms with van der Waals surface area (Å²) in [6.07, 6.45) is 3.07. The van der Waals surface area contributed by atoms with Gasteiger partial charge >= 0.3 is 0 Å². The third kappa shape index (κ3) is 18.9. The molecule has 320 valence electrons. The molecule has 0 saturated heterocycles. The Morgan fingerprint density at radius 2 is 0.508 bits per heavy atom. The summed E-state index contributed by atoms with van der Waals surface area (Å²) < 4.78 is 24.6. The van der Waals surface area contributed by atoms with Crippen LogP contribution in [0.1, 0.15) is 70.7 Å². The Bertz CT molecular complexity index is 2760. The second-order valence-electron chi connectivity index (χ2n) is 12.6. The molecule has 6 aromatic carbocycles. The summed E-state index contributed by atoms with van der Waals surface area (Å²) in [7, 11) is 0. The minimum Gasteiger partial charge on any atom is -0.452 e. The SMILES string of the molecule is CC.CC.CCc1ccc2oc3c(ccc4c5cc(C)ccc5oc43)c2c1.CCc1ccc2oc3c(ccc4c5cc(CC)ccc5oc43)c2c1.[CH3-].[CH3-].[CH3-].[CH3-].[Y].[Y].[Y].[Y].[Y].[Y].[Y].[Y].[Y].[Y]. The normalized spacial score (nSPS) is 8.92. The molecule has 0 aliphatic heterocycles. The zero-order valence-corrected chi connectivity index (χ0v) is 69.1. The Balaban J connectivity index is -0.000000129. The Labute approximate surface area is 641 Å². The number of rotatable bonds is 3. The van der Waals surface area contributed by atoms with E-state index in [9.17, 15) is 0 Å². The molecule has 10 aromatic rings. The van der Waals surface area contributed by atoms with Gasteiger partial charge in [0.05, 0.1) is 0 Å². The molecular formula is C51H58O4Y10-4. The third-order valence-corrected chi connectivity index (χ3v) is 9.72. The zero-order chi connectivity index (χ0) is 35.8. The summed E-state index contributed by atoms with van der Waals surface area (Å²) >= 11 is 0. The van der Waals surface area contributed by atoms with E-state index in [0.717, 1.165) is 96.2 Å². The number of hydrogen-bond acceptors (Lipinski definition) is 4. The summed E-state index contributed by atoms with van der Waals surface area (Å²) in [4.78, 5) is 0. The number of furan rings is 4. The van der Waals surface area contributed by atoms with Crippen molar-refractivity contribution in [1.29, 1.82) is 0 Å². The van der Waals surface area contributed by atoms with Gasteiger partial charge in [-0.05, 0) is 116 Å². The predicted molar refractivity (Wildman–Crippen MR) is 243 cm³/mol. The molecule has 0 spiro atoms. The first-order valence-electron chi connectivity index (χ1n) is 18.6. The second kappa shape index (κ2) is 41.7. The third-order valence-electron chi connectivity index (χ3n) is 9.72. The van der Waals surface area contributed by atoms with Crippen LogP contribution in [0.25, 0.3) is 87.8 Å². The van der Waals surface area contributed by atoms with E-state index in [-0.39, 0.29) is 357 Å². The van der Waals surface area contributed by atoms with Crippen LogP contribution in [0.15, 0.2) is 115 Å². The Morgan fingerprint density at radius 3 is 0.738 bits per heavy atom. The van der Waals surface area contributed by atoms with E-state index in [1.54, 1.807) is 0 Å². The van der Waals surface area contributed by atoms with Crippen LogP contribution in [0.4, 0.5) is 0 Å². The van der Waals surface area contributed by atoms with E-state index in [1.807, 2.05) is 33.8 Å². The van der Waals surface area contributed by atoms with E-state index in [1.165, 1.54) is 33.0 Å². The molecule has 0 N–H and O–H groups in total. The molecule has 4 nitrogen and oxygen atoms in total. The average Bonchev–Trinajstić information content (AvgIpc) is 3.95. The second-order valence-corrected chi connectivity index (χ2v) is 12.6. The van der Waals surface area contributed by atoms with Gasteiger partial charge in [0.2, 0.25) is 0 Å². The van der Waals surface area contributed by atoms with Crippen molar-refractivity contribution in [2.75, 3.05) is 0 Å². The van der Waals surface area contributed by atoms with Gasteiger partial charge in [-0.15, -0.1) is 0 Å². The van der Waals surface area contributed by atoms with Crippen LogP contribution in [0, 0.1) is 36.6 Å². The van der Waals surface area contributed by atoms with Crippen molar-refractivity contribution in [2.45, 2.75) is 74.7 Å². The largest absolute Gasteiger partial charge is 0.452 e. The van der Waals surface area contributed by atoms with Crippen LogP contribution in [-0.4, -0.2) is 0 Å². The Morgan fingerprint density at radius 1 is 0.292 bits per heavy atom. The van der Waals surface area contributed by atoms with Gasteiger partial charge in [0.15, 0.2) is 22.3 Å². The van der Waals surface area contributed by atoms with Gasteiger partial charge in [-0.2, -0.15) is 0 Å². The van der Waals surface area contributed by atoms with Gasteiger partial charge < -0.3 is 47.4 Å². The average molecular weight is 1620 g/mol. The molecule has 0 aliphatic carbocycles. The van der Waals surface area contributed by atoms with Crippen molar-refractivity contribution in [3.05, 3.63) is 149 Å². The number of hydrogen-bond donors (Lipinski definition) is 0. The molecule has 0 atom stereocenters. The van der Waals surface area contributed by atoms with Crippen LogP contribution in [0.2, 0.25) is 0 Å². The van der Waals surface area contributed by atoms with Crippen molar-refractivity contribution in [2.24, 2.45) is 0 Å². The summed E-state index contributed by atoms with van der Waals surface area (Å²) in [6, 6.07) is 34.2. The fourth-order valence-corrected chi connectivity index (χ4v) is 7.05. The van der Waals surface area contributed by atoms with Gasteiger partial charge in [0, 0.05) is 370 Å². The topological polar surface area (TPSA) is 52.6 Å². The summed E-state index contributed by atoms with van der Waals surface area (Å²) in [5.41, 5.74) is 12.3. The van der Waals surface area contributed by atoms with Crippen molar-refractivity contribution >= 4 is 87.8 Å². The number of aryl methyl sites for hydroxylation is 4. The van der Waals surface area contributed by atoms with E-state index in [0.29, 0.717) is 0 Å². The Hall–Kier alpha value is 5.56. The zero-order valence-electron chi connectivity index (χ0n) is 40.8. The van der Waals surface area contributed by atoms with E-state index in [4.69, 9.17) is 17.7 Å². The van der Waals surface area contributed by atoms with Gasteiger partial charge in [-0.1, -0.05) is 78.3 Å². The maximum atomic E-state index is 6.16. The van der Waals surface area contributed by atoms with Crippen molar-refractivity contribution in [3.63, 3.8) is 0 Å². The number of benzene rings is 6. The molecule has 14 heteroatoms. The summed E-state index contributed by atoms with van der Waals surface area (Å²) in [6.45, 7) is 16.6.